The van der Waals surface area contributed by atoms with Crippen LogP contribution in [0.1, 0.15) is 19.2 Å². The van der Waals surface area contributed by atoms with Gasteiger partial charge in [-0.05, 0) is 12.0 Å². The summed E-state index contributed by atoms with van der Waals surface area (Å²) in [6.45, 7) is 1.78. The first kappa shape index (κ1) is 13.1. The average Bonchev–Trinajstić information content (AvgIpc) is 2.76. The van der Waals surface area contributed by atoms with Crippen molar-refractivity contribution in [3.63, 3.8) is 0 Å². The van der Waals surface area contributed by atoms with Crippen molar-refractivity contribution < 1.29 is 18.7 Å². The Morgan fingerprint density at radius 2 is 2.26 bits per heavy atom. The zero-order valence-electron chi connectivity index (χ0n) is 10.2. The maximum atomic E-state index is 13.0. The summed E-state index contributed by atoms with van der Waals surface area (Å²) in [5, 5.41) is 16.3. The van der Waals surface area contributed by atoms with E-state index >= 15 is 0 Å². The van der Waals surface area contributed by atoms with Gasteiger partial charge in [-0.1, -0.05) is 6.92 Å². The highest BCUT2D eigenvalue weighted by molar-refractivity contribution is 5.66. The van der Waals surface area contributed by atoms with Crippen LogP contribution < -0.4 is 0 Å². The lowest BCUT2D eigenvalue weighted by Crippen LogP contribution is -2.07. The lowest BCUT2D eigenvalue weighted by molar-refractivity contribution is -0.137. The molecule has 0 saturated carbocycles. The van der Waals surface area contributed by atoms with Gasteiger partial charge < -0.3 is 9.52 Å². The molecule has 2 rings (SSSR count). The maximum Gasteiger partial charge on any atom is 0.303 e. The van der Waals surface area contributed by atoms with Crippen LogP contribution in [0.3, 0.4) is 0 Å². The summed E-state index contributed by atoms with van der Waals surface area (Å²) in [5.74, 6) is -0.980. The lowest BCUT2D eigenvalue weighted by Gasteiger charge is -2.03. The Morgan fingerprint density at radius 3 is 2.95 bits per heavy atom. The van der Waals surface area contributed by atoms with Crippen molar-refractivity contribution in [2.75, 3.05) is 0 Å². The number of hydrogen-bond donors (Lipinski definition) is 1. The molecular weight excluding hydrogens is 253 g/mol. The Labute approximate surface area is 108 Å². The summed E-state index contributed by atoms with van der Waals surface area (Å²) in [6.07, 6.45) is 2.89. The molecule has 1 unspecified atom stereocenters. The van der Waals surface area contributed by atoms with E-state index in [9.17, 15) is 9.18 Å². The van der Waals surface area contributed by atoms with Crippen molar-refractivity contribution in [3.8, 4) is 11.5 Å². The van der Waals surface area contributed by atoms with Crippen molar-refractivity contribution in [2.45, 2.75) is 19.8 Å². The van der Waals surface area contributed by atoms with Crippen molar-refractivity contribution in [1.29, 1.82) is 0 Å². The fourth-order valence-electron chi connectivity index (χ4n) is 1.65. The van der Waals surface area contributed by atoms with Crippen molar-refractivity contribution in [3.05, 3.63) is 30.2 Å². The Kier molecular flexibility index (Phi) is 3.84. The molecule has 0 aliphatic carbocycles. The predicted molar refractivity (Wildman–Crippen MR) is 62.6 cm³/mol. The topological polar surface area (TPSA) is 89.1 Å². The number of rotatable bonds is 5. The fraction of sp³-hybridized carbons (Fsp3) is 0.333. The van der Waals surface area contributed by atoms with E-state index in [1.807, 2.05) is 0 Å². The van der Waals surface area contributed by atoms with Gasteiger partial charge >= 0.3 is 5.97 Å². The van der Waals surface area contributed by atoms with Crippen LogP contribution in [0.15, 0.2) is 22.9 Å². The first-order chi connectivity index (χ1) is 9.04. The van der Waals surface area contributed by atoms with E-state index in [-0.39, 0.29) is 18.2 Å². The number of aromatic nitrogens is 3. The molecule has 0 amide bonds. The number of pyridine rings is 1. The minimum Gasteiger partial charge on any atom is -0.481 e. The number of carbonyl (C=O) groups is 1. The Balaban J connectivity index is 2.09. The van der Waals surface area contributed by atoms with Gasteiger partial charge in [-0.2, -0.15) is 0 Å². The Bertz CT molecular complexity index is 585. The summed E-state index contributed by atoms with van der Waals surface area (Å²) in [4.78, 5) is 14.2. The molecule has 0 aliphatic rings. The van der Waals surface area contributed by atoms with E-state index in [0.29, 0.717) is 17.9 Å². The van der Waals surface area contributed by atoms with Crippen molar-refractivity contribution >= 4 is 5.97 Å². The molecule has 0 saturated heterocycles. The van der Waals surface area contributed by atoms with Gasteiger partial charge in [0.15, 0.2) is 0 Å². The highest BCUT2D eigenvalue weighted by Gasteiger charge is 2.14. The minimum absolute atomic E-state index is 0.0270. The predicted octanol–water partition coefficient (Wildman–Crippen LogP) is 1.92. The third-order valence-corrected chi connectivity index (χ3v) is 2.46. The molecule has 6 nitrogen and oxygen atoms in total. The number of aliphatic carboxylic acids is 1. The number of halogens is 1. The summed E-state index contributed by atoms with van der Waals surface area (Å²) in [7, 11) is 0. The second-order valence-corrected chi connectivity index (χ2v) is 4.30. The van der Waals surface area contributed by atoms with Crippen LogP contribution in [-0.4, -0.2) is 26.3 Å². The first-order valence-electron chi connectivity index (χ1n) is 5.69. The Hall–Kier alpha value is -2.31. The summed E-state index contributed by atoms with van der Waals surface area (Å²) >= 11 is 0. The average molecular weight is 265 g/mol. The highest BCUT2D eigenvalue weighted by Crippen LogP contribution is 2.19. The van der Waals surface area contributed by atoms with E-state index in [0.717, 1.165) is 6.20 Å². The standard InChI is InChI=1S/C12H12FN3O3/c1-7(3-11(17)18)2-10-15-16-12(19-10)8-4-9(13)6-14-5-8/h4-7H,2-3H2,1H3,(H,17,18). The van der Waals surface area contributed by atoms with E-state index in [2.05, 4.69) is 15.2 Å². The normalized spacial score (nSPS) is 12.3. The SMILES string of the molecule is CC(CC(=O)O)Cc1nnc(-c2cncc(F)c2)o1. The monoisotopic (exact) mass is 265 g/mol. The molecule has 0 radical (unpaired) electrons. The second-order valence-electron chi connectivity index (χ2n) is 4.30. The molecule has 2 aromatic heterocycles. The maximum absolute atomic E-state index is 13.0. The highest BCUT2D eigenvalue weighted by atomic mass is 19.1. The second kappa shape index (κ2) is 5.55. The molecule has 100 valence electrons. The Morgan fingerprint density at radius 1 is 1.47 bits per heavy atom. The molecule has 0 aliphatic heterocycles. The van der Waals surface area contributed by atoms with Crippen LogP contribution in [0.25, 0.3) is 11.5 Å². The van der Waals surface area contributed by atoms with Crippen LogP contribution in [0.4, 0.5) is 4.39 Å². The summed E-state index contributed by atoms with van der Waals surface area (Å²) in [6, 6.07) is 1.24. The van der Waals surface area contributed by atoms with Gasteiger partial charge in [0.1, 0.15) is 5.82 Å². The molecule has 7 heteroatoms. The molecule has 1 N–H and O–H groups in total. The zero-order valence-corrected chi connectivity index (χ0v) is 10.2. The van der Waals surface area contributed by atoms with Gasteiger partial charge in [0.2, 0.25) is 11.8 Å². The van der Waals surface area contributed by atoms with Crippen LogP contribution in [-0.2, 0) is 11.2 Å². The van der Waals surface area contributed by atoms with Crippen LogP contribution >= 0.6 is 0 Å². The molecule has 0 spiro atoms. The van der Waals surface area contributed by atoms with Crippen molar-refractivity contribution in [1.82, 2.24) is 15.2 Å². The van der Waals surface area contributed by atoms with Gasteiger partial charge in [0.05, 0.1) is 11.8 Å². The lowest BCUT2D eigenvalue weighted by atomic mass is 10.0. The number of carboxylic acids is 1. The van der Waals surface area contributed by atoms with E-state index in [1.54, 1.807) is 6.92 Å². The largest absolute Gasteiger partial charge is 0.481 e. The smallest absolute Gasteiger partial charge is 0.303 e. The van der Waals surface area contributed by atoms with Gasteiger partial charge in [-0.3, -0.25) is 9.78 Å². The van der Waals surface area contributed by atoms with Gasteiger partial charge in [0.25, 0.3) is 0 Å². The first-order valence-corrected chi connectivity index (χ1v) is 5.69. The van der Waals surface area contributed by atoms with Gasteiger partial charge in [-0.15, -0.1) is 10.2 Å². The molecule has 0 fully saturated rings. The van der Waals surface area contributed by atoms with Gasteiger partial charge in [0, 0.05) is 19.0 Å². The zero-order chi connectivity index (χ0) is 13.8. The van der Waals surface area contributed by atoms with Crippen LogP contribution in [0, 0.1) is 11.7 Å². The summed E-state index contributed by atoms with van der Waals surface area (Å²) in [5.41, 5.74) is 0.393. The molecule has 0 aromatic carbocycles. The number of nitrogens with zero attached hydrogens (tertiary/aromatic N) is 3. The van der Waals surface area contributed by atoms with Crippen molar-refractivity contribution in [2.24, 2.45) is 5.92 Å². The van der Waals surface area contributed by atoms with E-state index in [1.165, 1.54) is 12.3 Å². The molecule has 0 bridgehead atoms. The van der Waals surface area contributed by atoms with E-state index < -0.39 is 11.8 Å². The minimum atomic E-state index is -0.874. The quantitative estimate of drug-likeness (QED) is 0.888. The van der Waals surface area contributed by atoms with E-state index in [4.69, 9.17) is 9.52 Å². The molecule has 1 atom stereocenters. The van der Waals surface area contributed by atoms with Crippen LogP contribution in [0.5, 0.6) is 0 Å². The third-order valence-electron chi connectivity index (χ3n) is 2.46. The molecule has 2 heterocycles. The molecule has 19 heavy (non-hydrogen) atoms. The fourth-order valence-corrected chi connectivity index (χ4v) is 1.65. The molecular formula is C12H12FN3O3. The number of hydrogen-bond acceptors (Lipinski definition) is 5. The molecule has 2 aromatic rings. The summed E-state index contributed by atoms with van der Waals surface area (Å²) < 4.78 is 18.4. The number of carboxylic acid groups (broad SMARTS) is 1. The third kappa shape index (κ3) is 3.57. The van der Waals surface area contributed by atoms with Crippen LogP contribution in [0.2, 0.25) is 0 Å². The van der Waals surface area contributed by atoms with Gasteiger partial charge in [-0.25, -0.2) is 4.39 Å².